The molecule has 0 aliphatic heterocycles. The van der Waals surface area contributed by atoms with Crippen LogP contribution >= 0.6 is 0 Å². The molecule has 3 heteroatoms. The number of carbonyl (C=O) groups excluding carboxylic acids is 1. The van der Waals surface area contributed by atoms with Crippen molar-refractivity contribution in [3.63, 3.8) is 0 Å². The average Bonchev–Trinajstić information content (AvgIpc) is 1.36. The Kier molecular flexibility index (Phi) is 2.42. The van der Waals surface area contributed by atoms with Gasteiger partial charge in [-0.25, -0.2) is 0 Å². The maximum absolute atomic E-state index is 10.1. The van der Waals surface area contributed by atoms with Crippen molar-refractivity contribution >= 4 is 20.9 Å². The van der Waals surface area contributed by atoms with E-state index in [2.05, 4.69) is 0 Å². The van der Waals surface area contributed by atoms with E-state index in [-0.39, 0.29) is 10.7 Å². The number of hydrogen-bond donors (Lipinski definition) is 1. The second-order valence-electron chi connectivity index (χ2n) is 1.40. The van der Waals surface area contributed by atoms with E-state index in [0.29, 0.717) is 16.3 Å². The first-order chi connectivity index (χ1) is 2.64. The highest BCUT2D eigenvalue weighted by molar-refractivity contribution is 6.58. The van der Waals surface area contributed by atoms with Crippen LogP contribution in [-0.4, -0.2) is 27.0 Å². The fourth-order valence-electron chi connectivity index (χ4n) is 0. The van der Waals surface area contributed by atoms with E-state index >= 15 is 0 Å². The van der Waals surface area contributed by atoms with E-state index in [1.165, 1.54) is 0 Å². The van der Waals surface area contributed by atoms with E-state index in [1.807, 2.05) is 0 Å². The summed E-state index contributed by atoms with van der Waals surface area (Å²) in [4.78, 5) is 10.1. The van der Waals surface area contributed by atoms with Crippen LogP contribution in [0.3, 0.4) is 0 Å². The van der Waals surface area contributed by atoms with Gasteiger partial charge < -0.3 is 10.5 Å². The summed E-state index contributed by atoms with van der Waals surface area (Å²) in [6, 6.07) is -0.225. The van der Waals surface area contributed by atoms with Crippen molar-refractivity contribution in [3.05, 3.63) is 0 Å². The standard InChI is InChI=1S/C3H6NO.Al.2H/c1-3(4)2-5;;;/h3H,4H2,1H3;;;/t3-;;;/m0.../s1. The second-order valence-corrected chi connectivity index (χ2v) is 2.38. The first-order valence-corrected chi connectivity index (χ1v) is 2.90. The van der Waals surface area contributed by atoms with Crippen molar-refractivity contribution in [2.24, 2.45) is 5.73 Å². The highest BCUT2D eigenvalue weighted by Crippen LogP contribution is 1.67. The third-order valence-corrected chi connectivity index (χ3v) is 1.55. The van der Waals surface area contributed by atoms with Gasteiger partial charge in [-0.1, -0.05) is 0 Å². The molecule has 0 radical (unpaired) electrons. The molecule has 0 bridgehead atoms. The van der Waals surface area contributed by atoms with Crippen molar-refractivity contribution in [1.82, 2.24) is 0 Å². The zero-order chi connectivity index (χ0) is 5.15. The smallest absolute Gasteiger partial charge is 0.321 e. The van der Waals surface area contributed by atoms with E-state index in [0.717, 1.165) is 0 Å². The molecule has 0 amide bonds. The zero-order valence-corrected chi connectivity index (χ0v) is 6.06. The topological polar surface area (TPSA) is 43.1 Å². The summed E-state index contributed by atoms with van der Waals surface area (Å²) in [5.74, 6) is 0. The van der Waals surface area contributed by atoms with Crippen molar-refractivity contribution < 1.29 is 4.79 Å². The Morgan fingerprint density at radius 1 is 2.00 bits per heavy atom. The van der Waals surface area contributed by atoms with E-state index in [4.69, 9.17) is 5.73 Å². The van der Waals surface area contributed by atoms with E-state index < -0.39 is 0 Å². The van der Waals surface area contributed by atoms with Gasteiger partial charge >= 0.3 is 16.3 Å². The number of hydrogen-bond acceptors (Lipinski definition) is 2. The molecular weight excluding hydrogens is 93.0 g/mol. The zero-order valence-electron chi connectivity index (χ0n) is 4.06. The molecule has 0 aliphatic carbocycles. The molecule has 0 aromatic heterocycles. The van der Waals surface area contributed by atoms with Gasteiger partial charge in [0.05, 0.1) is 4.65 Å². The highest BCUT2D eigenvalue weighted by atomic mass is 27.0. The van der Waals surface area contributed by atoms with Gasteiger partial charge in [0, 0.05) is 6.04 Å². The van der Waals surface area contributed by atoms with Crippen LogP contribution < -0.4 is 5.73 Å². The molecular formula is C3H8AlNO. The molecule has 0 aromatic carbocycles. The molecule has 1 atom stereocenters. The monoisotopic (exact) mass is 101 g/mol. The summed E-state index contributed by atoms with van der Waals surface area (Å²) in [6.07, 6.45) is 0. The second kappa shape index (κ2) is 2.36. The Labute approximate surface area is 45.1 Å². The van der Waals surface area contributed by atoms with Gasteiger partial charge in [0.1, 0.15) is 0 Å². The molecule has 0 heterocycles. The fraction of sp³-hybridized carbons (Fsp3) is 0.667. The largest absolute Gasteiger partial charge is 0.323 e. The van der Waals surface area contributed by atoms with Crippen LogP contribution in [-0.2, 0) is 4.79 Å². The minimum Gasteiger partial charge on any atom is -0.323 e. The minimum absolute atomic E-state index is 0.176. The van der Waals surface area contributed by atoms with Gasteiger partial charge in [-0.15, -0.1) is 0 Å². The minimum atomic E-state index is -0.225. The Morgan fingerprint density at radius 3 is 2.17 bits per heavy atom. The lowest BCUT2D eigenvalue weighted by molar-refractivity contribution is -0.112. The van der Waals surface area contributed by atoms with E-state index in [1.54, 1.807) is 6.92 Å². The first kappa shape index (κ1) is 6.16. The fourth-order valence-corrected chi connectivity index (χ4v) is 0. The maximum atomic E-state index is 10.1. The molecule has 0 spiro atoms. The SMILES string of the molecule is C[C@H](N)[C](=O)[AlH2]. The van der Waals surface area contributed by atoms with Crippen LogP contribution in [0.2, 0.25) is 0 Å². The van der Waals surface area contributed by atoms with Gasteiger partial charge in [0.25, 0.3) is 0 Å². The van der Waals surface area contributed by atoms with Crippen molar-refractivity contribution in [2.75, 3.05) is 0 Å². The van der Waals surface area contributed by atoms with Crippen LogP contribution in [0, 0.1) is 0 Å². The Hall–Kier alpha value is 0.162. The lowest BCUT2D eigenvalue weighted by Gasteiger charge is -1.93. The molecule has 0 aliphatic rings. The molecule has 0 saturated carbocycles. The molecule has 2 nitrogen and oxygen atoms in total. The summed E-state index contributed by atoms with van der Waals surface area (Å²) >= 11 is 0.590. The third-order valence-electron chi connectivity index (χ3n) is 0.641. The average molecular weight is 101 g/mol. The maximum Gasteiger partial charge on any atom is 0.321 e. The predicted molar refractivity (Wildman–Crippen MR) is 27.2 cm³/mol. The number of nitrogens with two attached hydrogens (primary N) is 1. The third kappa shape index (κ3) is 2.40. The lowest BCUT2D eigenvalue weighted by Crippen LogP contribution is -2.26. The van der Waals surface area contributed by atoms with Crippen molar-refractivity contribution in [1.29, 1.82) is 0 Å². The molecule has 34 valence electrons. The molecule has 0 rings (SSSR count). The van der Waals surface area contributed by atoms with Gasteiger partial charge in [0.2, 0.25) is 0 Å². The highest BCUT2D eigenvalue weighted by Gasteiger charge is 1.94. The Balaban J connectivity index is 3.26. The van der Waals surface area contributed by atoms with Crippen LogP contribution in [0.1, 0.15) is 6.92 Å². The normalized spacial score (nSPS) is 13.7. The van der Waals surface area contributed by atoms with Crippen LogP contribution in [0.15, 0.2) is 0 Å². The summed E-state index contributed by atoms with van der Waals surface area (Å²) in [6.45, 7) is 1.70. The predicted octanol–water partition coefficient (Wildman–Crippen LogP) is -1.51. The van der Waals surface area contributed by atoms with E-state index in [9.17, 15) is 4.79 Å². The van der Waals surface area contributed by atoms with Gasteiger partial charge in [-0.2, -0.15) is 0 Å². The summed E-state index contributed by atoms with van der Waals surface area (Å²) in [7, 11) is 0. The Bertz CT molecular complexity index is 61.8. The summed E-state index contributed by atoms with van der Waals surface area (Å²) < 4.78 is 0.176. The van der Waals surface area contributed by atoms with Gasteiger partial charge in [0.15, 0.2) is 0 Å². The molecule has 0 fully saturated rings. The van der Waals surface area contributed by atoms with Crippen LogP contribution in [0.25, 0.3) is 0 Å². The number of carbonyl (C=O) groups is 1. The molecule has 2 N–H and O–H groups in total. The van der Waals surface area contributed by atoms with Crippen LogP contribution in [0.5, 0.6) is 0 Å². The molecule has 0 unspecified atom stereocenters. The van der Waals surface area contributed by atoms with Gasteiger partial charge in [-0.05, 0) is 6.92 Å². The lowest BCUT2D eigenvalue weighted by atomic mass is 10.4. The van der Waals surface area contributed by atoms with Gasteiger partial charge in [-0.3, -0.25) is 0 Å². The molecule has 0 saturated heterocycles. The van der Waals surface area contributed by atoms with Crippen LogP contribution in [0.4, 0.5) is 0 Å². The quantitative estimate of drug-likeness (QED) is 0.408. The number of rotatable bonds is 1. The first-order valence-electron chi connectivity index (χ1n) is 1.90. The summed E-state index contributed by atoms with van der Waals surface area (Å²) in [5, 5.41) is 0. The molecule has 0 aromatic rings. The van der Waals surface area contributed by atoms with Crippen molar-refractivity contribution in [3.8, 4) is 0 Å². The van der Waals surface area contributed by atoms with Crippen molar-refractivity contribution in [2.45, 2.75) is 13.0 Å². The Morgan fingerprint density at radius 2 is 2.17 bits per heavy atom. The summed E-state index contributed by atoms with van der Waals surface area (Å²) in [5.41, 5.74) is 5.12. The molecule has 6 heavy (non-hydrogen) atoms.